The zero-order valence-electron chi connectivity index (χ0n) is 10.1. The van der Waals surface area contributed by atoms with Gasteiger partial charge in [-0.05, 0) is 20.9 Å². The van der Waals surface area contributed by atoms with Gasteiger partial charge in [-0.3, -0.25) is 9.69 Å². The first-order valence-corrected chi connectivity index (χ1v) is 5.22. The summed E-state index contributed by atoms with van der Waals surface area (Å²) in [5.74, 6) is -0.319. The van der Waals surface area contributed by atoms with Crippen LogP contribution >= 0.6 is 0 Å². The molecule has 3 N–H and O–H groups in total. The minimum Gasteiger partial charge on any atom is -0.383 e. The van der Waals surface area contributed by atoms with Crippen LogP contribution in [0, 0.1) is 0 Å². The van der Waals surface area contributed by atoms with Crippen LogP contribution in [0.2, 0.25) is 0 Å². The van der Waals surface area contributed by atoms with E-state index in [9.17, 15) is 4.79 Å². The van der Waals surface area contributed by atoms with Crippen LogP contribution < -0.4 is 11.1 Å². The number of nitrogens with two attached hydrogens (primary N) is 1. The van der Waals surface area contributed by atoms with Crippen molar-refractivity contribution >= 4 is 5.91 Å². The van der Waals surface area contributed by atoms with E-state index in [4.69, 9.17) is 10.5 Å². The lowest BCUT2D eigenvalue weighted by atomic mass is 10.2. The molecule has 0 rings (SSSR count). The van der Waals surface area contributed by atoms with Crippen molar-refractivity contribution in [2.45, 2.75) is 25.9 Å². The molecule has 1 atom stereocenters. The van der Waals surface area contributed by atoms with Crippen LogP contribution in [-0.4, -0.2) is 56.7 Å². The van der Waals surface area contributed by atoms with E-state index in [0.29, 0.717) is 19.2 Å². The topological polar surface area (TPSA) is 67.6 Å². The highest BCUT2D eigenvalue weighted by Gasteiger charge is 2.18. The maximum atomic E-state index is 11.1. The van der Waals surface area contributed by atoms with Crippen LogP contribution in [0.15, 0.2) is 0 Å². The molecule has 1 amide bonds. The van der Waals surface area contributed by atoms with E-state index in [-0.39, 0.29) is 11.9 Å². The van der Waals surface area contributed by atoms with Crippen LogP contribution in [0.4, 0.5) is 0 Å². The Balaban J connectivity index is 4.18. The van der Waals surface area contributed by atoms with Gasteiger partial charge in [-0.1, -0.05) is 0 Å². The number of nitrogens with one attached hydrogen (secondary N) is 1. The summed E-state index contributed by atoms with van der Waals surface area (Å²) in [6, 6.07) is 0.0691. The van der Waals surface area contributed by atoms with Crippen molar-refractivity contribution in [1.82, 2.24) is 10.2 Å². The van der Waals surface area contributed by atoms with Crippen molar-refractivity contribution in [2.24, 2.45) is 5.73 Å². The maximum Gasteiger partial charge on any atom is 0.235 e. The van der Waals surface area contributed by atoms with Gasteiger partial charge >= 0.3 is 0 Å². The van der Waals surface area contributed by atoms with E-state index in [0.717, 1.165) is 6.54 Å². The van der Waals surface area contributed by atoms with Crippen LogP contribution in [0.3, 0.4) is 0 Å². The molecule has 90 valence electrons. The minimum atomic E-state index is -0.319. The third-order valence-corrected chi connectivity index (χ3v) is 2.42. The van der Waals surface area contributed by atoms with Crippen molar-refractivity contribution in [2.75, 3.05) is 33.9 Å². The highest BCUT2D eigenvalue weighted by atomic mass is 16.5. The molecule has 0 saturated heterocycles. The fourth-order valence-corrected chi connectivity index (χ4v) is 1.33. The number of rotatable bonds is 8. The molecule has 0 radical (unpaired) electrons. The molecule has 0 saturated carbocycles. The summed E-state index contributed by atoms with van der Waals surface area (Å²) in [4.78, 5) is 13.2. The van der Waals surface area contributed by atoms with Gasteiger partial charge in [-0.15, -0.1) is 0 Å². The first kappa shape index (κ1) is 14.3. The molecule has 0 spiro atoms. The molecule has 0 heterocycles. The number of nitrogens with zero attached hydrogens (tertiary/aromatic N) is 1. The molecule has 0 aromatic rings. The van der Waals surface area contributed by atoms with E-state index >= 15 is 0 Å². The number of ether oxygens (including phenoxy) is 1. The zero-order valence-corrected chi connectivity index (χ0v) is 10.1. The molecule has 0 aromatic carbocycles. The largest absolute Gasteiger partial charge is 0.383 e. The van der Waals surface area contributed by atoms with Crippen molar-refractivity contribution < 1.29 is 9.53 Å². The summed E-state index contributed by atoms with van der Waals surface area (Å²) in [7, 11) is 3.41. The summed E-state index contributed by atoms with van der Waals surface area (Å²) in [5.41, 5.74) is 5.26. The summed E-state index contributed by atoms with van der Waals surface area (Å²) in [6.07, 6.45) is 0. The maximum absolute atomic E-state index is 11.1. The molecule has 0 fully saturated rings. The molecule has 0 aromatic heterocycles. The van der Waals surface area contributed by atoms with E-state index in [1.807, 2.05) is 0 Å². The number of primary amides is 1. The molecule has 5 heteroatoms. The van der Waals surface area contributed by atoms with Crippen LogP contribution in [-0.2, 0) is 9.53 Å². The Hall–Kier alpha value is -0.650. The molecule has 0 aliphatic rings. The third kappa shape index (κ3) is 5.71. The number of hydrogen-bond acceptors (Lipinski definition) is 4. The lowest BCUT2D eigenvalue weighted by Crippen LogP contribution is -2.50. The summed E-state index contributed by atoms with van der Waals surface area (Å²) in [5, 5.41) is 2.91. The van der Waals surface area contributed by atoms with Crippen molar-refractivity contribution in [3.8, 4) is 0 Å². The van der Waals surface area contributed by atoms with E-state index in [1.54, 1.807) is 14.2 Å². The molecule has 15 heavy (non-hydrogen) atoms. The molecular weight excluding hydrogens is 194 g/mol. The second-order valence-corrected chi connectivity index (χ2v) is 3.83. The summed E-state index contributed by atoms with van der Waals surface area (Å²) >= 11 is 0. The third-order valence-electron chi connectivity index (χ3n) is 2.42. The van der Waals surface area contributed by atoms with Gasteiger partial charge in [-0.25, -0.2) is 0 Å². The standard InChI is InChI=1S/C10H23N3O2/c1-8(2)13(5-6-15-4)7-9(12-3)10(11)14/h8-9,12H,5-7H2,1-4H3,(H2,11,14). The van der Waals surface area contributed by atoms with Gasteiger partial charge < -0.3 is 15.8 Å². The van der Waals surface area contributed by atoms with Crippen molar-refractivity contribution in [1.29, 1.82) is 0 Å². The second kappa shape index (κ2) is 7.62. The predicted molar refractivity (Wildman–Crippen MR) is 60.6 cm³/mol. The molecule has 0 aliphatic heterocycles. The first-order chi connectivity index (χ1) is 7.02. The van der Waals surface area contributed by atoms with Crippen LogP contribution in [0.25, 0.3) is 0 Å². The lowest BCUT2D eigenvalue weighted by Gasteiger charge is -2.29. The molecular formula is C10H23N3O2. The lowest BCUT2D eigenvalue weighted by molar-refractivity contribution is -0.120. The van der Waals surface area contributed by atoms with Gasteiger partial charge in [0.2, 0.25) is 5.91 Å². The van der Waals surface area contributed by atoms with Gasteiger partial charge in [0.25, 0.3) is 0 Å². The fraction of sp³-hybridized carbons (Fsp3) is 0.900. The number of carbonyl (C=O) groups is 1. The number of carbonyl (C=O) groups excluding carboxylic acids is 1. The predicted octanol–water partition coefficient (Wildman–Crippen LogP) is -0.583. The van der Waals surface area contributed by atoms with Gasteiger partial charge in [0.05, 0.1) is 12.6 Å². The Bertz CT molecular complexity index is 186. The number of amides is 1. The fourth-order valence-electron chi connectivity index (χ4n) is 1.33. The molecule has 0 aliphatic carbocycles. The summed E-state index contributed by atoms with van der Waals surface area (Å²) < 4.78 is 5.02. The van der Waals surface area contributed by atoms with Gasteiger partial charge in [0.15, 0.2) is 0 Å². The Morgan fingerprint density at radius 1 is 1.53 bits per heavy atom. The Labute approximate surface area is 91.9 Å². The van der Waals surface area contributed by atoms with Crippen LogP contribution in [0.1, 0.15) is 13.8 Å². The Kier molecular flexibility index (Phi) is 7.29. The average Bonchev–Trinajstić information content (AvgIpc) is 2.17. The quantitative estimate of drug-likeness (QED) is 0.570. The van der Waals surface area contributed by atoms with E-state index < -0.39 is 0 Å². The average molecular weight is 217 g/mol. The summed E-state index contributed by atoms with van der Waals surface area (Å²) in [6.45, 7) is 6.26. The van der Waals surface area contributed by atoms with Gasteiger partial charge in [0, 0.05) is 26.2 Å². The van der Waals surface area contributed by atoms with Gasteiger partial charge in [0.1, 0.15) is 0 Å². The molecule has 1 unspecified atom stereocenters. The Morgan fingerprint density at radius 3 is 2.47 bits per heavy atom. The number of methoxy groups -OCH3 is 1. The monoisotopic (exact) mass is 217 g/mol. The van der Waals surface area contributed by atoms with E-state index in [2.05, 4.69) is 24.1 Å². The smallest absolute Gasteiger partial charge is 0.235 e. The Morgan fingerprint density at radius 2 is 2.13 bits per heavy atom. The van der Waals surface area contributed by atoms with Crippen molar-refractivity contribution in [3.63, 3.8) is 0 Å². The minimum absolute atomic E-state index is 0.302. The second-order valence-electron chi connectivity index (χ2n) is 3.83. The highest BCUT2D eigenvalue weighted by Crippen LogP contribution is 1.99. The normalized spacial score (nSPS) is 13.5. The van der Waals surface area contributed by atoms with Gasteiger partial charge in [-0.2, -0.15) is 0 Å². The number of hydrogen-bond donors (Lipinski definition) is 2. The zero-order chi connectivity index (χ0) is 11.8. The highest BCUT2D eigenvalue weighted by molar-refractivity contribution is 5.80. The number of likely N-dealkylation sites (N-methyl/N-ethyl adjacent to an activating group) is 1. The first-order valence-electron chi connectivity index (χ1n) is 5.22. The van der Waals surface area contributed by atoms with E-state index in [1.165, 1.54) is 0 Å². The molecule has 0 bridgehead atoms. The van der Waals surface area contributed by atoms with Crippen LogP contribution in [0.5, 0.6) is 0 Å². The SMILES string of the molecule is CNC(CN(CCOC)C(C)C)C(N)=O. The van der Waals surface area contributed by atoms with Crippen molar-refractivity contribution in [3.05, 3.63) is 0 Å². The molecule has 5 nitrogen and oxygen atoms in total.